The molecule has 13 heteroatoms. The van der Waals surface area contributed by atoms with Gasteiger partial charge in [-0.1, -0.05) is 0 Å². The molecule has 1 aliphatic rings. The summed E-state index contributed by atoms with van der Waals surface area (Å²) >= 11 is 0. The predicted octanol–water partition coefficient (Wildman–Crippen LogP) is -1.13. The normalized spacial score (nSPS) is 17.8. The molecule has 1 unspecified atom stereocenters. The Balaban J connectivity index is 1.85. The first-order valence-corrected chi connectivity index (χ1v) is 9.45. The third-order valence-electron chi connectivity index (χ3n) is 3.97. The number of nitrogens with two attached hydrogens (primary N) is 1. The summed E-state index contributed by atoms with van der Waals surface area (Å²) in [6.45, 7) is 0.918. The lowest BCUT2D eigenvalue weighted by atomic mass is 10.2. The second-order valence-electron chi connectivity index (χ2n) is 5.88. The van der Waals surface area contributed by atoms with Gasteiger partial charge >= 0.3 is 6.18 Å². The van der Waals surface area contributed by atoms with Gasteiger partial charge in [0.15, 0.2) is 0 Å². The van der Waals surface area contributed by atoms with E-state index >= 15 is 0 Å². The molecule has 1 aromatic heterocycles. The van der Waals surface area contributed by atoms with Crippen LogP contribution in [-0.2, 0) is 21.4 Å². The Hall–Kier alpha value is -1.70. The largest absolute Gasteiger partial charge is 0.405 e. The molecule has 4 N–H and O–H groups in total. The molecule has 0 bridgehead atoms. The standard InChI is InChI=1S/C13H21F3N6O3S/c14-13(15,16)11(21-5-2-18-3-6-21)8-19-12(23)1-4-22-9-10(7-20-22)26(17,24)25/h7,9,11,18H,1-6,8H2,(H,19,23)(H2,17,24,25). The Bertz CT molecular complexity index is 715. The maximum absolute atomic E-state index is 13.2. The van der Waals surface area contributed by atoms with Crippen LogP contribution in [0.1, 0.15) is 6.42 Å². The number of primary sulfonamides is 1. The van der Waals surface area contributed by atoms with Crippen molar-refractivity contribution in [3.8, 4) is 0 Å². The van der Waals surface area contributed by atoms with Crippen molar-refractivity contribution in [3.05, 3.63) is 12.4 Å². The molecule has 1 amide bonds. The van der Waals surface area contributed by atoms with E-state index in [1.165, 1.54) is 9.58 Å². The number of aryl methyl sites for hydroxylation is 1. The highest BCUT2D eigenvalue weighted by Crippen LogP contribution is 2.24. The maximum Gasteiger partial charge on any atom is 0.405 e. The number of piperazine rings is 1. The van der Waals surface area contributed by atoms with E-state index < -0.39 is 34.7 Å². The Morgan fingerprint density at radius 3 is 2.58 bits per heavy atom. The fourth-order valence-corrected chi connectivity index (χ4v) is 3.04. The van der Waals surface area contributed by atoms with Gasteiger partial charge in [-0.25, -0.2) is 13.6 Å². The molecular weight excluding hydrogens is 377 g/mol. The Labute approximate surface area is 148 Å². The van der Waals surface area contributed by atoms with Gasteiger partial charge in [-0.2, -0.15) is 18.3 Å². The quantitative estimate of drug-likeness (QED) is 0.534. The van der Waals surface area contributed by atoms with E-state index in [-0.39, 0.29) is 31.0 Å². The molecule has 2 rings (SSSR count). The summed E-state index contributed by atoms with van der Waals surface area (Å²) in [5, 5.41) is 14.0. The fraction of sp³-hybridized carbons (Fsp3) is 0.692. The number of aromatic nitrogens is 2. The lowest BCUT2D eigenvalue weighted by Gasteiger charge is -2.35. The van der Waals surface area contributed by atoms with Crippen molar-refractivity contribution >= 4 is 15.9 Å². The van der Waals surface area contributed by atoms with Gasteiger partial charge in [0.2, 0.25) is 15.9 Å². The summed E-state index contributed by atoms with van der Waals surface area (Å²) in [6, 6.07) is -1.74. The number of nitrogens with one attached hydrogen (secondary N) is 2. The average Bonchev–Trinajstić information content (AvgIpc) is 3.02. The highest BCUT2D eigenvalue weighted by atomic mass is 32.2. The van der Waals surface area contributed by atoms with Gasteiger partial charge in [-0.05, 0) is 0 Å². The zero-order valence-electron chi connectivity index (χ0n) is 13.9. The minimum atomic E-state index is -4.45. The van der Waals surface area contributed by atoms with E-state index in [1.54, 1.807) is 0 Å². The average molecular weight is 398 g/mol. The number of amides is 1. The van der Waals surface area contributed by atoms with Crippen molar-refractivity contribution in [1.82, 2.24) is 25.3 Å². The number of carbonyl (C=O) groups is 1. The molecule has 9 nitrogen and oxygen atoms in total. The van der Waals surface area contributed by atoms with Crippen molar-refractivity contribution in [1.29, 1.82) is 0 Å². The van der Waals surface area contributed by atoms with Gasteiger partial charge in [0.25, 0.3) is 0 Å². The Morgan fingerprint density at radius 1 is 1.38 bits per heavy atom. The summed E-state index contributed by atoms with van der Waals surface area (Å²) in [4.78, 5) is 12.9. The molecule has 0 saturated carbocycles. The molecule has 26 heavy (non-hydrogen) atoms. The summed E-state index contributed by atoms with van der Waals surface area (Å²) in [5.74, 6) is -0.581. The van der Waals surface area contributed by atoms with Crippen LogP contribution in [0.3, 0.4) is 0 Å². The molecule has 0 aromatic carbocycles. The third kappa shape index (κ3) is 5.93. The Morgan fingerprint density at radius 2 is 2.04 bits per heavy atom. The number of hydrogen-bond acceptors (Lipinski definition) is 6. The van der Waals surface area contributed by atoms with E-state index in [1.807, 2.05) is 0 Å². The van der Waals surface area contributed by atoms with Gasteiger partial charge in [-0.15, -0.1) is 0 Å². The zero-order valence-corrected chi connectivity index (χ0v) is 14.7. The van der Waals surface area contributed by atoms with Gasteiger partial charge < -0.3 is 10.6 Å². The van der Waals surface area contributed by atoms with E-state index in [0.717, 1.165) is 12.4 Å². The number of rotatable bonds is 7. The van der Waals surface area contributed by atoms with Gasteiger partial charge in [0.05, 0.1) is 6.20 Å². The second kappa shape index (κ2) is 8.33. The lowest BCUT2D eigenvalue weighted by Crippen LogP contribution is -2.57. The smallest absolute Gasteiger partial charge is 0.354 e. The SMILES string of the molecule is NS(=O)(=O)c1cnn(CCC(=O)NCC(N2CCNCC2)C(F)(F)F)c1. The topological polar surface area (TPSA) is 122 Å². The van der Waals surface area contributed by atoms with Crippen LogP contribution in [0.5, 0.6) is 0 Å². The minimum Gasteiger partial charge on any atom is -0.354 e. The highest BCUT2D eigenvalue weighted by molar-refractivity contribution is 7.89. The van der Waals surface area contributed by atoms with E-state index in [9.17, 15) is 26.4 Å². The van der Waals surface area contributed by atoms with Crippen LogP contribution in [-0.4, -0.2) is 73.9 Å². The lowest BCUT2D eigenvalue weighted by molar-refractivity contribution is -0.184. The molecule has 148 valence electrons. The van der Waals surface area contributed by atoms with Crippen LogP contribution in [0.15, 0.2) is 17.3 Å². The molecule has 1 aromatic rings. The first-order valence-electron chi connectivity index (χ1n) is 7.91. The molecule has 1 aliphatic heterocycles. The van der Waals surface area contributed by atoms with Crippen molar-refractivity contribution in [2.45, 2.75) is 30.1 Å². The zero-order chi connectivity index (χ0) is 19.4. The summed E-state index contributed by atoms with van der Waals surface area (Å²) in [5.41, 5.74) is 0. The number of halogens is 3. The number of hydrogen-bond donors (Lipinski definition) is 3. The summed E-state index contributed by atoms with van der Waals surface area (Å²) in [6.07, 6.45) is -2.39. The van der Waals surface area contributed by atoms with Gasteiger partial charge in [0, 0.05) is 51.9 Å². The van der Waals surface area contributed by atoms with Crippen LogP contribution >= 0.6 is 0 Å². The maximum atomic E-state index is 13.2. The summed E-state index contributed by atoms with van der Waals surface area (Å²) in [7, 11) is -3.89. The molecule has 1 saturated heterocycles. The van der Waals surface area contributed by atoms with Crippen molar-refractivity contribution in [2.24, 2.45) is 5.14 Å². The summed E-state index contributed by atoms with van der Waals surface area (Å²) < 4.78 is 63.1. The monoisotopic (exact) mass is 398 g/mol. The Kier molecular flexibility index (Phi) is 6.60. The minimum absolute atomic E-state index is 0.0195. The van der Waals surface area contributed by atoms with Crippen molar-refractivity contribution < 1.29 is 26.4 Å². The van der Waals surface area contributed by atoms with Crippen LogP contribution in [0, 0.1) is 0 Å². The molecule has 0 radical (unpaired) electrons. The van der Waals surface area contributed by atoms with Crippen LogP contribution in [0.25, 0.3) is 0 Å². The fourth-order valence-electron chi connectivity index (χ4n) is 2.57. The highest BCUT2D eigenvalue weighted by Gasteiger charge is 2.43. The number of sulfonamides is 1. The first kappa shape index (κ1) is 20.6. The molecular formula is C13H21F3N6O3S. The van der Waals surface area contributed by atoms with Crippen LogP contribution in [0.4, 0.5) is 13.2 Å². The molecule has 1 atom stereocenters. The number of carbonyl (C=O) groups excluding carboxylic acids is 1. The number of nitrogens with zero attached hydrogens (tertiary/aromatic N) is 3. The van der Waals surface area contributed by atoms with Gasteiger partial charge in [0.1, 0.15) is 10.9 Å². The van der Waals surface area contributed by atoms with Crippen LogP contribution in [0.2, 0.25) is 0 Å². The van der Waals surface area contributed by atoms with Gasteiger partial charge in [-0.3, -0.25) is 14.4 Å². The van der Waals surface area contributed by atoms with Crippen molar-refractivity contribution in [2.75, 3.05) is 32.7 Å². The molecule has 2 heterocycles. The van der Waals surface area contributed by atoms with E-state index in [2.05, 4.69) is 15.7 Å². The second-order valence-corrected chi connectivity index (χ2v) is 7.44. The van der Waals surface area contributed by atoms with E-state index in [0.29, 0.717) is 13.1 Å². The molecule has 0 spiro atoms. The van der Waals surface area contributed by atoms with E-state index in [4.69, 9.17) is 5.14 Å². The number of alkyl halides is 3. The first-order chi connectivity index (χ1) is 12.1. The predicted molar refractivity (Wildman–Crippen MR) is 85.5 cm³/mol. The van der Waals surface area contributed by atoms with Crippen LogP contribution < -0.4 is 15.8 Å². The molecule has 0 aliphatic carbocycles. The molecule has 1 fully saturated rings. The third-order valence-corrected chi connectivity index (χ3v) is 4.84. The van der Waals surface area contributed by atoms with Crippen molar-refractivity contribution in [3.63, 3.8) is 0 Å².